The first-order chi connectivity index (χ1) is 9.71. The molecule has 122 valence electrons. The molecule has 0 aromatic carbocycles. The smallest absolute Gasteiger partial charge is 0.311 e. The van der Waals surface area contributed by atoms with Crippen molar-refractivity contribution in [1.29, 1.82) is 0 Å². The molecule has 0 spiro atoms. The van der Waals surface area contributed by atoms with E-state index in [0.29, 0.717) is 19.4 Å². The molecule has 4 N–H and O–H groups in total. The monoisotopic (exact) mass is 298 g/mol. The first kappa shape index (κ1) is 18.0. The molecule has 0 bridgehead atoms. The van der Waals surface area contributed by atoms with Gasteiger partial charge in [0.1, 0.15) is 0 Å². The molecule has 0 saturated heterocycles. The van der Waals surface area contributed by atoms with Crippen LogP contribution >= 0.6 is 0 Å². The molecular formula is C16H30N2O3. The van der Waals surface area contributed by atoms with Crippen molar-refractivity contribution in [1.82, 2.24) is 5.32 Å². The van der Waals surface area contributed by atoms with Crippen molar-refractivity contribution in [2.75, 3.05) is 6.54 Å². The van der Waals surface area contributed by atoms with Crippen molar-refractivity contribution >= 4 is 11.9 Å². The molecule has 0 aromatic heterocycles. The van der Waals surface area contributed by atoms with Crippen LogP contribution < -0.4 is 11.1 Å². The van der Waals surface area contributed by atoms with E-state index in [1.54, 1.807) is 6.92 Å². The third kappa shape index (κ3) is 4.99. The maximum Gasteiger partial charge on any atom is 0.311 e. The molecule has 0 aliphatic heterocycles. The van der Waals surface area contributed by atoms with Gasteiger partial charge in [0.25, 0.3) is 0 Å². The van der Waals surface area contributed by atoms with Crippen molar-refractivity contribution in [2.24, 2.45) is 16.6 Å². The summed E-state index contributed by atoms with van der Waals surface area (Å²) in [4.78, 5) is 23.6. The Morgan fingerprint density at radius 3 is 2.57 bits per heavy atom. The van der Waals surface area contributed by atoms with E-state index < -0.39 is 11.4 Å². The Balaban J connectivity index is 2.55. The van der Waals surface area contributed by atoms with Gasteiger partial charge in [-0.2, -0.15) is 0 Å². The molecule has 0 radical (unpaired) electrons. The van der Waals surface area contributed by atoms with Crippen LogP contribution in [0.5, 0.6) is 0 Å². The first-order valence-electron chi connectivity index (χ1n) is 7.94. The number of carboxylic acid groups (broad SMARTS) is 1. The number of hydrogen-bond acceptors (Lipinski definition) is 3. The molecule has 0 aromatic rings. The average molecular weight is 298 g/mol. The summed E-state index contributed by atoms with van der Waals surface area (Å²) < 4.78 is 0. The number of carbonyl (C=O) groups is 2. The fraction of sp³-hybridized carbons (Fsp3) is 0.875. The Hall–Kier alpha value is -1.10. The SMILES string of the molecule is CC(C)(CCN)CCC(=O)NC1CCCCC1(C)C(=O)O. The Kier molecular flexibility index (Phi) is 6.20. The highest BCUT2D eigenvalue weighted by molar-refractivity contribution is 5.80. The van der Waals surface area contributed by atoms with Crippen LogP contribution in [0.3, 0.4) is 0 Å². The van der Waals surface area contributed by atoms with Gasteiger partial charge in [-0.3, -0.25) is 9.59 Å². The summed E-state index contributed by atoms with van der Waals surface area (Å²) in [6, 6.07) is -0.256. The first-order valence-corrected chi connectivity index (χ1v) is 7.94. The molecule has 2 unspecified atom stereocenters. The standard InChI is InChI=1S/C16H30N2O3/c1-15(2,10-11-17)9-7-13(19)18-12-6-4-5-8-16(12,3)14(20)21/h12H,4-11,17H2,1-3H3,(H,18,19)(H,20,21). The number of amides is 1. The lowest BCUT2D eigenvalue weighted by atomic mass is 9.71. The zero-order valence-electron chi connectivity index (χ0n) is 13.6. The number of nitrogens with one attached hydrogen (secondary N) is 1. The average Bonchev–Trinajstić information content (AvgIpc) is 2.39. The van der Waals surface area contributed by atoms with Gasteiger partial charge in [-0.05, 0) is 44.6 Å². The molecule has 2 atom stereocenters. The van der Waals surface area contributed by atoms with Crippen LogP contribution in [-0.2, 0) is 9.59 Å². The number of nitrogens with two attached hydrogens (primary N) is 1. The summed E-state index contributed by atoms with van der Waals surface area (Å²) in [5, 5.41) is 12.4. The number of carboxylic acids is 1. The summed E-state index contributed by atoms with van der Waals surface area (Å²) in [6.07, 6.45) is 5.36. The second kappa shape index (κ2) is 7.25. The van der Waals surface area contributed by atoms with Crippen LogP contribution in [-0.4, -0.2) is 29.6 Å². The van der Waals surface area contributed by atoms with E-state index in [0.717, 1.165) is 32.1 Å². The second-order valence-electron chi connectivity index (χ2n) is 7.29. The quantitative estimate of drug-likeness (QED) is 0.672. The van der Waals surface area contributed by atoms with E-state index in [2.05, 4.69) is 19.2 Å². The number of hydrogen-bond donors (Lipinski definition) is 3. The van der Waals surface area contributed by atoms with Gasteiger partial charge in [0.15, 0.2) is 0 Å². The van der Waals surface area contributed by atoms with Gasteiger partial charge in [0.2, 0.25) is 5.91 Å². The minimum Gasteiger partial charge on any atom is -0.481 e. The lowest BCUT2D eigenvalue weighted by Gasteiger charge is -2.38. The molecule has 0 heterocycles. The predicted molar refractivity (Wildman–Crippen MR) is 82.8 cm³/mol. The Morgan fingerprint density at radius 1 is 1.33 bits per heavy atom. The van der Waals surface area contributed by atoms with Crippen LogP contribution in [0.2, 0.25) is 0 Å². The summed E-state index contributed by atoms with van der Waals surface area (Å²) in [5.74, 6) is -0.851. The molecule has 1 aliphatic rings. The summed E-state index contributed by atoms with van der Waals surface area (Å²) in [7, 11) is 0. The number of rotatable bonds is 7. The van der Waals surface area contributed by atoms with E-state index in [1.807, 2.05) is 0 Å². The fourth-order valence-electron chi connectivity index (χ4n) is 3.06. The fourth-order valence-corrected chi connectivity index (χ4v) is 3.06. The van der Waals surface area contributed by atoms with E-state index in [-0.39, 0.29) is 17.4 Å². The van der Waals surface area contributed by atoms with Crippen LogP contribution in [0.25, 0.3) is 0 Å². The van der Waals surface area contributed by atoms with Gasteiger partial charge in [-0.15, -0.1) is 0 Å². The van der Waals surface area contributed by atoms with Gasteiger partial charge in [-0.25, -0.2) is 0 Å². The molecule has 1 rings (SSSR count). The van der Waals surface area contributed by atoms with Crippen LogP contribution in [0.1, 0.15) is 65.7 Å². The molecule has 1 saturated carbocycles. The van der Waals surface area contributed by atoms with Crippen molar-refractivity contribution in [3.8, 4) is 0 Å². The molecule has 21 heavy (non-hydrogen) atoms. The molecule has 1 aliphatic carbocycles. The molecule has 5 heteroatoms. The van der Waals surface area contributed by atoms with E-state index >= 15 is 0 Å². The van der Waals surface area contributed by atoms with Crippen molar-refractivity contribution in [3.05, 3.63) is 0 Å². The van der Waals surface area contributed by atoms with E-state index in [1.165, 1.54) is 0 Å². The second-order valence-corrected chi connectivity index (χ2v) is 7.29. The minimum absolute atomic E-state index is 0.0422. The minimum atomic E-state index is -0.833. The third-order valence-corrected chi connectivity index (χ3v) is 4.88. The summed E-state index contributed by atoms with van der Waals surface area (Å²) in [5.41, 5.74) is 4.79. The normalized spacial score (nSPS) is 26.4. The van der Waals surface area contributed by atoms with Crippen molar-refractivity contribution in [3.63, 3.8) is 0 Å². The van der Waals surface area contributed by atoms with Gasteiger partial charge in [-0.1, -0.05) is 26.7 Å². The van der Waals surface area contributed by atoms with Crippen LogP contribution in [0.15, 0.2) is 0 Å². The van der Waals surface area contributed by atoms with Gasteiger partial charge < -0.3 is 16.2 Å². The Morgan fingerprint density at radius 2 is 2.00 bits per heavy atom. The molecule has 1 amide bonds. The van der Waals surface area contributed by atoms with Gasteiger partial charge in [0, 0.05) is 12.5 Å². The third-order valence-electron chi connectivity index (χ3n) is 4.88. The zero-order valence-corrected chi connectivity index (χ0v) is 13.6. The van der Waals surface area contributed by atoms with E-state index in [9.17, 15) is 14.7 Å². The Bertz CT molecular complexity index is 382. The topological polar surface area (TPSA) is 92.4 Å². The number of carbonyl (C=O) groups excluding carboxylic acids is 1. The van der Waals surface area contributed by atoms with Gasteiger partial charge in [0.05, 0.1) is 5.41 Å². The van der Waals surface area contributed by atoms with Crippen molar-refractivity contribution < 1.29 is 14.7 Å². The highest BCUT2D eigenvalue weighted by Gasteiger charge is 2.43. The lowest BCUT2D eigenvalue weighted by Crippen LogP contribution is -2.52. The molecule has 1 fully saturated rings. The number of aliphatic carboxylic acids is 1. The zero-order chi connectivity index (χ0) is 16.1. The van der Waals surface area contributed by atoms with Gasteiger partial charge >= 0.3 is 5.97 Å². The lowest BCUT2D eigenvalue weighted by molar-refractivity contribution is -0.152. The summed E-state index contributed by atoms with van der Waals surface area (Å²) >= 11 is 0. The maximum atomic E-state index is 12.1. The van der Waals surface area contributed by atoms with Crippen molar-refractivity contribution in [2.45, 2.75) is 71.8 Å². The highest BCUT2D eigenvalue weighted by Crippen LogP contribution is 2.36. The molecule has 5 nitrogen and oxygen atoms in total. The van der Waals surface area contributed by atoms with Crippen LogP contribution in [0, 0.1) is 10.8 Å². The highest BCUT2D eigenvalue weighted by atomic mass is 16.4. The van der Waals surface area contributed by atoms with E-state index in [4.69, 9.17) is 5.73 Å². The molecular weight excluding hydrogens is 268 g/mol. The Labute approximate surface area is 127 Å². The largest absolute Gasteiger partial charge is 0.481 e. The summed E-state index contributed by atoms with van der Waals surface area (Å²) in [6.45, 7) is 6.58. The van der Waals surface area contributed by atoms with Crippen LogP contribution in [0.4, 0.5) is 0 Å². The maximum absolute atomic E-state index is 12.1. The predicted octanol–water partition coefficient (Wildman–Crippen LogP) is 2.29.